The lowest BCUT2D eigenvalue weighted by molar-refractivity contribution is 0.705. The van der Waals surface area contributed by atoms with Crippen LogP contribution in [-0.2, 0) is 38.5 Å². The van der Waals surface area contributed by atoms with Crippen LogP contribution in [0.5, 0.6) is 0 Å². The fraction of sp³-hybridized carbons (Fsp3) is 0.391. The Bertz CT molecular complexity index is 1630. The Hall–Kier alpha value is -3.64. The van der Waals surface area contributed by atoms with Crippen molar-refractivity contribution in [3.8, 4) is 22.3 Å². The molecule has 0 amide bonds. The zero-order valence-electron chi connectivity index (χ0n) is 29.0. The molecule has 1 aliphatic rings. The highest BCUT2D eigenvalue weighted by atomic mass is 14.3. The molecule has 0 heteroatoms. The van der Waals surface area contributed by atoms with Gasteiger partial charge in [0.1, 0.15) is 0 Å². The van der Waals surface area contributed by atoms with Gasteiger partial charge in [-0.2, -0.15) is 0 Å². The van der Waals surface area contributed by atoms with Gasteiger partial charge in [-0.3, -0.25) is 0 Å². The minimum Gasteiger partial charge on any atom is -0.0654 e. The number of fused-ring (bicyclic) bond motifs is 3. The molecule has 6 rings (SSSR count). The summed E-state index contributed by atoms with van der Waals surface area (Å²) < 4.78 is 0. The second-order valence-corrected chi connectivity index (χ2v) is 13.6. The molecule has 0 unspecified atom stereocenters. The van der Waals surface area contributed by atoms with Gasteiger partial charge in [0.25, 0.3) is 0 Å². The predicted molar refractivity (Wildman–Crippen MR) is 201 cm³/mol. The van der Waals surface area contributed by atoms with Gasteiger partial charge in [-0.05, 0) is 142 Å². The highest BCUT2D eigenvalue weighted by Gasteiger charge is 2.31. The van der Waals surface area contributed by atoms with Crippen LogP contribution in [0.1, 0.15) is 124 Å². The van der Waals surface area contributed by atoms with E-state index in [0.29, 0.717) is 0 Å². The molecule has 5 aromatic rings. The smallest absolute Gasteiger partial charge is 0.00105 e. The van der Waals surface area contributed by atoms with Crippen LogP contribution < -0.4 is 0 Å². The highest BCUT2D eigenvalue weighted by molar-refractivity contribution is 6.08. The SMILES string of the molecule is CCCCc1c(CCCC)c(CCCC)c2c(c1CCCC)Cc1c(c(-c3ccccc3)c3ccccc3c1-c1ccccc1)C2. The van der Waals surface area contributed by atoms with E-state index in [1.165, 1.54) is 110 Å². The Labute approximate surface area is 279 Å². The molecule has 0 aromatic heterocycles. The predicted octanol–water partition coefficient (Wildman–Crippen LogP) is 13.0. The quantitative estimate of drug-likeness (QED) is 0.116. The van der Waals surface area contributed by atoms with Crippen LogP contribution in [0, 0.1) is 0 Å². The largest absolute Gasteiger partial charge is 0.0654 e. The standard InChI is InChI=1S/C46H54/c1-5-9-25-35-36(26-10-6-2)38(28-12-8-4)42-32-44-43(31-41(42)37(35)27-11-7-3)45(33-21-15-13-16-22-33)39-29-19-20-30-40(39)46(44)34-23-17-14-18-24-34/h13-24,29-30H,5-12,25-28,31-32H2,1-4H3. The summed E-state index contributed by atoms with van der Waals surface area (Å²) in [5.74, 6) is 0. The molecule has 0 saturated heterocycles. The molecule has 1 aliphatic carbocycles. The van der Waals surface area contributed by atoms with Crippen molar-refractivity contribution in [1.29, 1.82) is 0 Å². The maximum Gasteiger partial charge on any atom is -0.00105 e. The van der Waals surface area contributed by atoms with Crippen molar-refractivity contribution in [2.24, 2.45) is 0 Å². The third-order valence-corrected chi connectivity index (χ3v) is 10.6. The lowest BCUT2D eigenvalue weighted by atomic mass is 9.70. The third kappa shape index (κ3) is 6.33. The summed E-state index contributed by atoms with van der Waals surface area (Å²) >= 11 is 0. The minimum absolute atomic E-state index is 1.05. The van der Waals surface area contributed by atoms with Crippen molar-refractivity contribution in [3.63, 3.8) is 0 Å². The van der Waals surface area contributed by atoms with E-state index in [1.54, 1.807) is 44.5 Å². The number of unbranched alkanes of at least 4 members (excludes halogenated alkanes) is 4. The Morgan fingerprint density at radius 2 is 0.696 bits per heavy atom. The molecule has 0 aliphatic heterocycles. The van der Waals surface area contributed by atoms with E-state index < -0.39 is 0 Å². The first-order chi connectivity index (χ1) is 22.7. The van der Waals surface area contributed by atoms with Crippen LogP contribution in [0.2, 0.25) is 0 Å². The molecule has 0 heterocycles. The van der Waals surface area contributed by atoms with E-state index in [4.69, 9.17) is 0 Å². The summed E-state index contributed by atoms with van der Waals surface area (Å²) in [6.45, 7) is 9.47. The van der Waals surface area contributed by atoms with Crippen LogP contribution in [0.15, 0.2) is 84.9 Å². The average Bonchev–Trinajstić information content (AvgIpc) is 3.10. The van der Waals surface area contributed by atoms with Crippen LogP contribution in [0.25, 0.3) is 33.0 Å². The van der Waals surface area contributed by atoms with Crippen LogP contribution in [-0.4, -0.2) is 0 Å². The molecule has 0 nitrogen and oxygen atoms in total. The highest BCUT2D eigenvalue weighted by Crippen LogP contribution is 2.48. The molecule has 0 fully saturated rings. The molecule has 0 atom stereocenters. The molecule has 46 heavy (non-hydrogen) atoms. The van der Waals surface area contributed by atoms with Gasteiger partial charge < -0.3 is 0 Å². The lowest BCUT2D eigenvalue weighted by Gasteiger charge is -2.34. The van der Waals surface area contributed by atoms with E-state index >= 15 is 0 Å². The molecular formula is C46H54. The van der Waals surface area contributed by atoms with Gasteiger partial charge in [-0.15, -0.1) is 0 Å². The van der Waals surface area contributed by atoms with Gasteiger partial charge in [0.05, 0.1) is 0 Å². The average molecular weight is 607 g/mol. The Kier molecular flexibility index (Phi) is 10.7. The zero-order chi connectivity index (χ0) is 31.9. The summed E-state index contributed by atoms with van der Waals surface area (Å²) in [5.41, 5.74) is 19.1. The van der Waals surface area contributed by atoms with E-state index in [2.05, 4.69) is 113 Å². The van der Waals surface area contributed by atoms with Crippen LogP contribution in [0.4, 0.5) is 0 Å². The summed E-state index contributed by atoms with van der Waals surface area (Å²) in [5, 5.41) is 2.78. The fourth-order valence-electron chi connectivity index (χ4n) is 8.30. The van der Waals surface area contributed by atoms with E-state index in [1.807, 2.05) is 0 Å². The molecule has 0 bridgehead atoms. The van der Waals surface area contributed by atoms with Gasteiger partial charge >= 0.3 is 0 Å². The maximum atomic E-state index is 2.38. The van der Waals surface area contributed by atoms with E-state index in [9.17, 15) is 0 Å². The molecular weight excluding hydrogens is 553 g/mol. The Morgan fingerprint density at radius 1 is 0.370 bits per heavy atom. The first-order valence-electron chi connectivity index (χ1n) is 18.6. The fourth-order valence-corrected chi connectivity index (χ4v) is 8.30. The van der Waals surface area contributed by atoms with Gasteiger partial charge in [0.2, 0.25) is 0 Å². The van der Waals surface area contributed by atoms with Gasteiger partial charge in [-0.25, -0.2) is 0 Å². The molecule has 0 radical (unpaired) electrons. The van der Waals surface area contributed by atoms with E-state index in [-0.39, 0.29) is 0 Å². The first kappa shape index (κ1) is 32.3. The molecule has 0 saturated carbocycles. The number of benzene rings is 5. The molecule has 0 spiro atoms. The molecule has 0 N–H and O–H groups in total. The monoisotopic (exact) mass is 606 g/mol. The second-order valence-electron chi connectivity index (χ2n) is 13.6. The molecule has 5 aromatic carbocycles. The normalized spacial score (nSPS) is 12.3. The van der Waals surface area contributed by atoms with Gasteiger partial charge in [0, 0.05) is 0 Å². The maximum absolute atomic E-state index is 2.38. The number of hydrogen-bond donors (Lipinski definition) is 0. The van der Waals surface area contributed by atoms with Crippen molar-refractivity contribution >= 4 is 10.8 Å². The third-order valence-electron chi connectivity index (χ3n) is 10.6. The summed E-state index contributed by atoms with van der Waals surface area (Å²) in [6, 6.07) is 31.8. The summed E-state index contributed by atoms with van der Waals surface area (Å²) in [6.07, 6.45) is 17.2. The van der Waals surface area contributed by atoms with Gasteiger partial charge in [-0.1, -0.05) is 138 Å². The van der Waals surface area contributed by atoms with E-state index in [0.717, 1.165) is 12.8 Å². The second kappa shape index (κ2) is 15.3. The van der Waals surface area contributed by atoms with Crippen LogP contribution >= 0.6 is 0 Å². The van der Waals surface area contributed by atoms with Crippen molar-refractivity contribution in [2.75, 3.05) is 0 Å². The summed E-state index contributed by atoms with van der Waals surface area (Å²) in [7, 11) is 0. The summed E-state index contributed by atoms with van der Waals surface area (Å²) in [4.78, 5) is 0. The molecule has 238 valence electrons. The van der Waals surface area contributed by atoms with Gasteiger partial charge in [0.15, 0.2) is 0 Å². The minimum atomic E-state index is 1.05. The first-order valence-corrected chi connectivity index (χ1v) is 18.6. The number of rotatable bonds is 14. The van der Waals surface area contributed by atoms with Crippen molar-refractivity contribution in [3.05, 3.63) is 129 Å². The number of hydrogen-bond acceptors (Lipinski definition) is 0. The van der Waals surface area contributed by atoms with Crippen molar-refractivity contribution < 1.29 is 0 Å². The zero-order valence-corrected chi connectivity index (χ0v) is 29.0. The lowest BCUT2D eigenvalue weighted by Crippen LogP contribution is -2.20. The Morgan fingerprint density at radius 3 is 1.04 bits per heavy atom. The topological polar surface area (TPSA) is 0 Å². The van der Waals surface area contributed by atoms with Crippen molar-refractivity contribution in [2.45, 2.75) is 118 Å². The van der Waals surface area contributed by atoms with Crippen LogP contribution in [0.3, 0.4) is 0 Å². The Balaban J connectivity index is 1.71. The van der Waals surface area contributed by atoms with Crippen molar-refractivity contribution in [1.82, 2.24) is 0 Å².